The Labute approximate surface area is 482 Å². The van der Waals surface area contributed by atoms with Crippen molar-refractivity contribution in [2.45, 2.75) is 74.5 Å². The first kappa shape index (κ1) is 65.1. The molecule has 0 amide bonds. The van der Waals surface area contributed by atoms with Gasteiger partial charge in [-0.2, -0.15) is 9.68 Å². The maximum Gasteiger partial charge on any atom is 0.389 e. The zero-order valence-corrected chi connectivity index (χ0v) is 49.9. The van der Waals surface area contributed by atoms with Gasteiger partial charge < -0.3 is 15.2 Å². The second kappa shape index (κ2) is 31.4. The van der Waals surface area contributed by atoms with Crippen molar-refractivity contribution in [2.24, 2.45) is 0 Å². The maximum atomic E-state index is 12.0. The second-order valence-corrected chi connectivity index (χ2v) is 24.3. The van der Waals surface area contributed by atoms with E-state index >= 15 is 0 Å². The molecule has 0 N–H and O–H groups in total. The summed E-state index contributed by atoms with van der Waals surface area (Å²) in [4.78, 5) is 10.0. The van der Waals surface area contributed by atoms with Crippen molar-refractivity contribution >= 4 is 29.5 Å². The van der Waals surface area contributed by atoms with Gasteiger partial charge in [0.15, 0.2) is 33.9 Å². The van der Waals surface area contributed by atoms with Crippen LogP contribution in [0, 0.1) is 83.2 Å². The number of ether oxygens (including phenoxy) is 1. The smallest absolute Gasteiger partial charge is 0.389 e. The summed E-state index contributed by atoms with van der Waals surface area (Å²) in [5, 5.41) is 32.7. The topological polar surface area (TPSA) is 194 Å². The lowest BCUT2D eigenvalue weighted by atomic mass is 9.97. The Balaban J connectivity index is 0.000000223. The van der Waals surface area contributed by atoms with E-state index in [1.54, 1.807) is 84.9 Å². The third-order valence-corrected chi connectivity index (χ3v) is 15.7. The molecule has 0 atom stereocenters. The van der Waals surface area contributed by atoms with Gasteiger partial charge in [-0.1, -0.05) is 132 Å². The van der Waals surface area contributed by atoms with E-state index in [4.69, 9.17) is 4.74 Å². The molecule has 0 heterocycles. The van der Waals surface area contributed by atoms with Crippen LogP contribution in [0.15, 0.2) is 196 Å². The van der Waals surface area contributed by atoms with E-state index in [0.29, 0.717) is 26.7 Å². The molecule has 8 rings (SSSR count). The van der Waals surface area contributed by atoms with E-state index in [-0.39, 0.29) is 16.0 Å². The Morgan fingerprint density at radius 3 is 1.15 bits per heavy atom. The van der Waals surface area contributed by atoms with Crippen LogP contribution in [0.3, 0.4) is 0 Å². The van der Waals surface area contributed by atoms with Crippen molar-refractivity contribution < 1.29 is 39.7 Å². The van der Waals surface area contributed by atoms with Gasteiger partial charge in [0.1, 0.15) is 38.6 Å². The van der Waals surface area contributed by atoms with Gasteiger partial charge in [0, 0.05) is 28.9 Å². The fourth-order valence-corrected chi connectivity index (χ4v) is 11.0. The van der Waals surface area contributed by atoms with E-state index in [0.717, 1.165) is 40.0 Å². The van der Waals surface area contributed by atoms with Crippen molar-refractivity contribution in [3.63, 3.8) is 0 Å². The number of hydrogen-bond acceptors (Lipinski definition) is 11. The molecular formula is C64H64N4O11S3+2. The zero-order chi connectivity index (χ0) is 60.5. The number of sulfone groups is 3. The minimum absolute atomic E-state index is 0.0683. The molecule has 0 fully saturated rings. The van der Waals surface area contributed by atoms with Gasteiger partial charge >= 0.3 is 24.3 Å². The molecule has 0 aromatic heterocycles. The molecule has 15 nitrogen and oxygen atoms in total. The molecule has 0 radical (unpaired) electrons. The van der Waals surface area contributed by atoms with Crippen LogP contribution < -0.4 is 4.74 Å². The van der Waals surface area contributed by atoms with Crippen LogP contribution in [-0.2, 0) is 45.6 Å². The van der Waals surface area contributed by atoms with Crippen molar-refractivity contribution in [1.29, 1.82) is 0 Å². The molecule has 8 aromatic carbocycles. The summed E-state index contributed by atoms with van der Waals surface area (Å²) < 4.78 is 75.4. The van der Waals surface area contributed by atoms with Gasteiger partial charge in [-0.05, 0) is 143 Å². The van der Waals surface area contributed by atoms with Gasteiger partial charge in [0.05, 0.1) is 14.7 Å². The van der Waals surface area contributed by atoms with Crippen LogP contribution in [0.5, 0.6) is 11.5 Å². The highest BCUT2D eigenvalue weighted by atomic mass is 32.2. The number of aryl methyl sites for hydroxylation is 7. The van der Waals surface area contributed by atoms with Crippen LogP contribution in [0.1, 0.15) is 72.3 Å². The molecule has 0 bridgehead atoms. The molecule has 8 aromatic rings. The molecule has 422 valence electrons. The Morgan fingerprint density at radius 1 is 0.402 bits per heavy atom. The minimum Gasteiger partial charge on any atom is -0.498 e. The van der Waals surface area contributed by atoms with Gasteiger partial charge in [-0.15, -0.1) is 0 Å². The first-order chi connectivity index (χ1) is 38.9. The summed E-state index contributed by atoms with van der Waals surface area (Å²) in [5.41, 5.74) is 12.2. The highest BCUT2D eigenvalue weighted by molar-refractivity contribution is 7.91. The van der Waals surface area contributed by atoms with Crippen LogP contribution in [-0.4, -0.2) is 52.0 Å². The average molecular weight is 1160 g/mol. The second-order valence-electron chi connectivity index (χ2n) is 18.4. The molecule has 18 heteroatoms. The van der Waals surface area contributed by atoms with E-state index in [9.17, 15) is 35.7 Å². The summed E-state index contributed by atoms with van der Waals surface area (Å²) in [6.07, 6.45) is 2.86. The number of rotatable bonds is 8. The van der Waals surface area contributed by atoms with Crippen LogP contribution in [0.4, 0.5) is 0 Å². The maximum absolute atomic E-state index is 12.0. The molecule has 0 aliphatic heterocycles. The van der Waals surface area contributed by atoms with Crippen molar-refractivity contribution in [3.8, 4) is 35.8 Å². The predicted molar refractivity (Wildman–Crippen MR) is 325 cm³/mol. The van der Waals surface area contributed by atoms with Crippen LogP contribution in [0.25, 0.3) is 20.0 Å². The van der Waals surface area contributed by atoms with Gasteiger partial charge in [-0.3, -0.25) is 0 Å². The Kier molecular flexibility index (Phi) is 24.9. The molecule has 0 aliphatic rings. The predicted octanol–water partition coefficient (Wildman–Crippen LogP) is 14.5. The van der Waals surface area contributed by atoms with Crippen molar-refractivity contribution in [3.05, 3.63) is 279 Å². The highest BCUT2D eigenvalue weighted by Gasteiger charge is 2.23. The summed E-state index contributed by atoms with van der Waals surface area (Å²) in [5.74, 6) is 1.97. The third kappa shape index (κ3) is 20.0. The van der Waals surface area contributed by atoms with Gasteiger partial charge in [0.25, 0.3) is 0 Å². The molecule has 0 aliphatic carbocycles. The number of benzene rings is 8. The summed E-state index contributed by atoms with van der Waals surface area (Å²) in [6.45, 7) is 14.6. The highest BCUT2D eigenvalue weighted by Crippen LogP contribution is 2.34. The third-order valence-electron chi connectivity index (χ3n) is 11.6. The fraction of sp³-hybridized carbons (Fsp3) is 0.188. The molecular weight excluding hydrogens is 1100 g/mol. The molecule has 0 saturated carbocycles. The van der Waals surface area contributed by atoms with Crippen LogP contribution in [0.2, 0.25) is 0 Å². The van der Waals surface area contributed by atoms with Crippen molar-refractivity contribution in [1.82, 2.24) is 0 Å². The van der Waals surface area contributed by atoms with Crippen molar-refractivity contribution in [2.75, 3.05) is 26.7 Å². The van der Waals surface area contributed by atoms with E-state index in [1.165, 1.54) is 72.1 Å². The lowest BCUT2D eigenvalue weighted by Crippen LogP contribution is -2.03. The van der Waals surface area contributed by atoms with Crippen LogP contribution >= 0.6 is 0 Å². The summed E-state index contributed by atoms with van der Waals surface area (Å²) in [7, 11) is -7.13. The van der Waals surface area contributed by atoms with Gasteiger partial charge in [-0.25, -0.2) is 25.3 Å². The number of hydrogen-bond donors (Lipinski definition) is 0. The normalized spacial score (nSPS) is 10.2. The monoisotopic (exact) mass is 1160 g/mol. The standard InChI is InChI=1S/C18H22O.C16H13N2O2.C12H10O2S.C10H9N2O4S.C8H10O2S/c1-11-7-13(3)17(14(4)8-11)19-18-15(5)9-12(2)10-16(18)6;1-20-18-12-16-9-5-3-7-14(16)10-13-6-2-4-8-15(13)11-17-19;13-15(14,11-7-3-1-4-8-11)12-9-5-2-6-10-12;1-16-12-7-9-5-3-4-8(6-11-13)10(9)17(2,14)15;1-7-3-5-8(6-4-7)11(2,9)10/h7-10H,1-6H3;2-9H,10H2,1H3;1-10H;3-5H,1-2H3;3-6H,1-2H3/q;+1;;+1;. The van der Waals surface area contributed by atoms with E-state index in [1.807, 2.05) is 55.5 Å². The quantitative estimate of drug-likeness (QED) is 0.131. The molecule has 0 saturated heterocycles. The minimum atomic E-state index is -3.56. The lowest BCUT2D eigenvalue weighted by molar-refractivity contribution is 0.330. The fourth-order valence-electron chi connectivity index (χ4n) is 8.05. The number of nitrogens with zero attached hydrogens (tertiary/aromatic N) is 4. The first-order valence-electron chi connectivity index (χ1n) is 25.0. The van der Waals surface area contributed by atoms with Gasteiger partial charge in [0.2, 0.25) is 19.9 Å². The largest absolute Gasteiger partial charge is 0.498 e. The Hall–Kier alpha value is -9.43. The summed E-state index contributed by atoms with van der Waals surface area (Å²) in [6, 6.07) is 61.8. The zero-order valence-electron chi connectivity index (χ0n) is 47.5. The average Bonchev–Trinajstić information content (AvgIpc) is 3.62. The molecule has 0 unspecified atom stereocenters. The molecule has 0 spiro atoms. The van der Waals surface area contributed by atoms with E-state index in [2.05, 4.69) is 120 Å². The lowest BCUT2D eigenvalue weighted by Gasteiger charge is -2.17. The molecule has 82 heavy (non-hydrogen) atoms. The Morgan fingerprint density at radius 2 is 0.756 bits per heavy atom. The van der Waals surface area contributed by atoms with E-state index < -0.39 is 29.5 Å². The SMILES string of the molecule is CO[N+]#Cc1cccc(C#[N+][O-])c1S(C)(=O)=O.CO[N+]#Cc1ccccc1Cc1ccccc1C#[N+][O-].Cc1cc(C)c(Oc2c(C)cc(C)cc2C)c(C)c1.Cc1ccc(S(C)(=O)=O)cc1.O=S(=O)(c1ccccc1)c1ccccc1. The summed E-state index contributed by atoms with van der Waals surface area (Å²) >= 11 is 0. The first-order valence-corrected chi connectivity index (χ1v) is 30.3. The Bertz CT molecular complexity index is 3950.